The molecule has 2 aromatic carbocycles. The van der Waals surface area contributed by atoms with Crippen LogP contribution in [-0.4, -0.2) is 18.0 Å². The molecule has 0 spiro atoms. The zero-order valence-corrected chi connectivity index (χ0v) is 16.4. The molecule has 4 rings (SSSR count). The number of para-hydroxylation sites is 1. The van der Waals surface area contributed by atoms with Crippen LogP contribution in [0.25, 0.3) is 11.0 Å². The predicted octanol–water partition coefficient (Wildman–Crippen LogP) is 4.83. The number of fused-ring (bicyclic) bond motifs is 1. The number of aryl methyl sites for hydroxylation is 1. The zero-order valence-electron chi connectivity index (χ0n) is 15.6. The lowest BCUT2D eigenvalue weighted by Crippen LogP contribution is -2.21. The van der Waals surface area contributed by atoms with Gasteiger partial charge < -0.3 is 9.15 Å². The maximum Gasteiger partial charge on any atom is 0.262 e. The average molecular weight is 409 g/mol. The lowest BCUT2D eigenvalue weighted by atomic mass is 10.1. The Morgan fingerprint density at radius 1 is 1.28 bits per heavy atom. The van der Waals surface area contributed by atoms with Crippen LogP contribution in [0.15, 0.2) is 63.5 Å². The van der Waals surface area contributed by atoms with Crippen molar-refractivity contribution in [1.82, 2.24) is 4.98 Å². The number of nitrogens with zero attached hydrogens (tertiary/aromatic N) is 2. The number of carbonyl (C=O) groups is 1. The Hall–Kier alpha value is -3.52. The third kappa shape index (κ3) is 3.88. The lowest BCUT2D eigenvalue weighted by molar-refractivity contribution is 0.102. The van der Waals surface area contributed by atoms with E-state index >= 15 is 0 Å². The number of halogens is 1. The third-order valence-electron chi connectivity index (χ3n) is 4.25. The molecule has 0 aliphatic carbocycles. The fraction of sp³-hybridized carbons (Fsp3) is 0.0952. The quantitative estimate of drug-likeness (QED) is 0.524. The van der Waals surface area contributed by atoms with Crippen LogP contribution in [0, 0.1) is 12.7 Å². The molecule has 0 fully saturated rings. The van der Waals surface area contributed by atoms with Gasteiger partial charge in [-0.05, 0) is 36.8 Å². The van der Waals surface area contributed by atoms with Crippen LogP contribution in [0.2, 0.25) is 0 Å². The minimum atomic E-state index is -0.429. The van der Waals surface area contributed by atoms with Crippen LogP contribution in [0.4, 0.5) is 15.2 Å². The fourth-order valence-electron chi connectivity index (χ4n) is 2.79. The molecule has 146 valence electrons. The molecule has 0 saturated carbocycles. The Labute approximate surface area is 169 Å². The third-order valence-corrected chi connectivity index (χ3v) is 4.94. The van der Waals surface area contributed by atoms with Crippen molar-refractivity contribution in [3.63, 3.8) is 0 Å². The summed E-state index contributed by atoms with van der Waals surface area (Å²) in [6, 6.07) is 11.3. The predicted molar refractivity (Wildman–Crippen MR) is 109 cm³/mol. The second-order valence-corrected chi connectivity index (χ2v) is 7.07. The van der Waals surface area contributed by atoms with E-state index in [0.717, 1.165) is 5.56 Å². The number of thiazole rings is 1. The highest BCUT2D eigenvalue weighted by atomic mass is 32.1. The molecule has 1 N–H and O–H groups in total. The molecular weight excluding hydrogens is 393 g/mol. The van der Waals surface area contributed by atoms with E-state index in [1.165, 1.54) is 30.6 Å². The van der Waals surface area contributed by atoms with Crippen molar-refractivity contribution in [2.45, 2.75) is 6.92 Å². The first-order valence-corrected chi connectivity index (χ1v) is 9.55. The Balaban J connectivity index is 1.95. The van der Waals surface area contributed by atoms with Gasteiger partial charge in [-0.2, -0.15) is 0 Å². The standard InChI is InChI=1S/C21H16FN3O3S/c1-12-6-7-14(22)11-16(12)24-20-15(19(26)25-21-23-8-9-29-21)10-13-4-3-5-17(27-2)18(13)28-20/h3-11H,1-2H3,(H,23,25,26). The number of aromatic nitrogens is 1. The summed E-state index contributed by atoms with van der Waals surface area (Å²) in [6.07, 6.45) is 1.59. The summed E-state index contributed by atoms with van der Waals surface area (Å²) in [5, 5.41) is 5.61. The van der Waals surface area contributed by atoms with E-state index in [1.54, 1.807) is 48.8 Å². The first kappa shape index (κ1) is 18.8. The van der Waals surface area contributed by atoms with Crippen LogP contribution >= 0.6 is 11.3 Å². The molecule has 0 radical (unpaired) electrons. The van der Waals surface area contributed by atoms with Gasteiger partial charge in [0.2, 0.25) is 5.55 Å². The van der Waals surface area contributed by atoms with E-state index in [1.807, 2.05) is 0 Å². The van der Waals surface area contributed by atoms with Gasteiger partial charge in [-0.3, -0.25) is 10.1 Å². The number of methoxy groups -OCH3 is 1. The number of carbonyl (C=O) groups excluding carboxylic acids is 1. The zero-order chi connectivity index (χ0) is 20.4. The number of hydrogen-bond donors (Lipinski definition) is 1. The molecule has 0 unspecified atom stereocenters. The lowest BCUT2D eigenvalue weighted by Gasteiger charge is -2.08. The second kappa shape index (κ2) is 7.84. The van der Waals surface area contributed by atoms with Gasteiger partial charge in [-0.25, -0.2) is 14.4 Å². The van der Waals surface area contributed by atoms with Gasteiger partial charge >= 0.3 is 0 Å². The molecule has 6 nitrogen and oxygen atoms in total. The number of hydrogen-bond acceptors (Lipinski definition) is 6. The van der Waals surface area contributed by atoms with Crippen molar-refractivity contribution >= 4 is 39.0 Å². The number of rotatable bonds is 4. The largest absolute Gasteiger partial charge is 0.493 e. The van der Waals surface area contributed by atoms with Gasteiger partial charge in [0.05, 0.1) is 12.8 Å². The molecule has 8 heteroatoms. The number of nitrogens with one attached hydrogen (secondary N) is 1. The first-order valence-electron chi connectivity index (χ1n) is 8.68. The van der Waals surface area contributed by atoms with Crippen molar-refractivity contribution < 1.29 is 18.3 Å². The molecule has 0 saturated heterocycles. The Kier molecular flexibility index (Phi) is 5.09. The highest BCUT2D eigenvalue weighted by Crippen LogP contribution is 2.26. The van der Waals surface area contributed by atoms with Gasteiger partial charge in [0.15, 0.2) is 16.5 Å². The molecule has 0 atom stereocenters. The monoisotopic (exact) mass is 409 g/mol. The molecule has 29 heavy (non-hydrogen) atoms. The molecule has 4 aromatic rings. The Morgan fingerprint density at radius 3 is 2.90 bits per heavy atom. The van der Waals surface area contributed by atoms with E-state index in [9.17, 15) is 9.18 Å². The number of anilines is 1. The molecule has 2 heterocycles. The van der Waals surface area contributed by atoms with Crippen molar-refractivity contribution in [2.75, 3.05) is 12.4 Å². The van der Waals surface area contributed by atoms with Crippen molar-refractivity contribution in [2.24, 2.45) is 4.99 Å². The summed E-state index contributed by atoms with van der Waals surface area (Å²) in [5.74, 6) is -0.357. The van der Waals surface area contributed by atoms with Crippen LogP contribution in [0.1, 0.15) is 15.9 Å². The number of ether oxygens (including phenoxy) is 1. The molecule has 0 bridgehead atoms. The summed E-state index contributed by atoms with van der Waals surface area (Å²) in [4.78, 5) is 21.4. The van der Waals surface area contributed by atoms with Crippen molar-refractivity contribution in [3.05, 3.63) is 76.5 Å². The molecule has 2 aromatic heterocycles. The smallest absolute Gasteiger partial charge is 0.262 e. The van der Waals surface area contributed by atoms with Gasteiger partial charge in [-0.1, -0.05) is 18.2 Å². The van der Waals surface area contributed by atoms with Crippen LogP contribution in [0.5, 0.6) is 5.75 Å². The van der Waals surface area contributed by atoms with E-state index in [-0.39, 0.29) is 11.1 Å². The van der Waals surface area contributed by atoms with Gasteiger partial charge in [0, 0.05) is 17.0 Å². The second-order valence-electron chi connectivity index (χ2n) is 6.18. The highest BCUT2D eigenvalue weighted by Gasteiger charge is 2.16. The van der Waals surface area contributed by atoms with E-state index in [0.29, 0.717) is 27.5 Å². The van der Waals surface area contributed by atoms with Crippen molar-refractivity contribution in [1.29, 1.82) is 0 Å². The van der Waals surface area contributed by atoms with Crippen LogP contribution < -0.4 is 15.6 Å². The Bertz CT molecular complexity index is 1270. The SMILES string of the molecule is COc1cccc2cc(C(=O)Nc3nccs3)c(=Nc3cc(F)ccc3C)oc12. The first-order chi connectivity index (χ1) is 14.0. The molecule has 0 aliphatic rings. The fourth-order valence-corrected chi connectivity index (χ4v) is 3.32. The number of benzene rings is 2. The molecule has 1 amide bonds. The van der Waals surface area contributed by atoms with E-state index in [2.05, 4.69) is 15.3 Å². The van der Waals surface area contributed by atoms with Gasteiger partial charge in [0.1, 0.15) is 11.4 Å². The van der Waals surface area contributed by atoms with Crippen molar-refractivity contribution in [3.8, 4) is 5.75 Å². The summed E-state index contributed by atoms with van der Waals surface area (Å²) in [7, 11) is 1.53. The minimum absolute atomic E-state index is 0.0461. The van der Waals surface area contributed by atoms with Crippen LogP contribution in [0.3, 0.4) is 0 Å². The molecular formula is C21H16FN3O3S. The van der Waals surface area contributed by atoms with Gasteiger partial charge in [0.25, 0.3) is 5.91 Å². The summed E-state index contributed by atoms with van der Waals surface area (Å²) >= 11 is 1.30. The van der Waals surface area contributed by atoms with E-state index < -0.39 is 11.7 Å². The average Bonchev–Trinajstić information content (AvgIpc) is 3.22. The maximum absolute atomic E-state index is 13.7. The number of amides is 1. The molecule has 0 aliphatic heterocycles. The van der Waals surface area contributed by atoms with E-state index in [4.69, 9.17) is 9.15 Å². The minimum Gasteiger partial charge on any atom is -0.493 e. The maximum atomic E-state index is 13.7. The summed E-state index contributed by atoms with van der Waals surface area (Å²) < 4.78 is 25.1. The topological polar surface area (TPSA) is 76.7 Å². The van der Waals surface area contributed by atoms with Crippen LogP contribution in [-0.2, 0) is 0 Å². The summed E-state index contributed by atoms with van der Waals surface area (Å²) in [5.41, 5.74) is 1.79. The Morgan fingerprint density at radius 2 is 2.14 bits per heavy atom. The normalized spacial score (nSPS) is 11.6. The highest BCUT2D eigenvalue weighted by molar-refractivity contribution is 7.13. The summed E-state index contributed by atoms with van der Waals surface area (Å²) in [6.45, 7) is 1.80. The van der Waals surface area contributed by atoms with Gasteiger partial charge in [-0.15, -0.1) is 11.3 Å².